The van der Waals surface area contributed by atoms with E-state index < -0.39 is 0 Å². The van der Waals surface area contributed by atoms with Gasteiger partial charge in [-0.1, -0.05) is 0 Å². The van der Waals surface area contributed by atoms with E-state index >= 15 is 0 Å². The van der Waals surface area contributed by atoms with Crippen molar-refractivity contribution in [1.29, 1.82) is 0 Å². The van der Waals surface area contributed by atoms with Gasteiger partial charge in [-0.3, -0.25) is 4.90 Å². The van der Waals surface area contributed by atoms with Crippen LogP contribution in [0, 0.1) is 5.92 Å². The predicted octanol–water partition coefficient (Wildman–Crippen LogP) is 1.05. The summed E-state index contributed by atoms with van der Waals surface area (Å²) in [6, 6.07) is 0.868. The number of piperidine rings is 1. The summed E-state index contributed by atoms with van der Waals surface area (Å²) in [5.74, 6) is 0.906. The molecule has 2 fully saturated rings. The van der Waals surface area contributed by atoms with Crippen LogP contribution in [0.3, 0.4) is 0 Å². The highest BCUT2D eigenvalue weighted by Gasteiger charge is 2.23. The molecule has 0 aromatic rings. The van der Waals surface area contributed by atoms with E-state index in [2.05, 4.69) is 10.2 Å². The minimum atomic E-state index is 0.808. The van der Waals surface area contributed by atoms with Crippen LogP contribution in [0.5, 0.6) is 0 Å². The first kappa shape index (κ1) is 10.4. The highest BCUT2D eigenvalue weighted by molar-refractivity contribution is 4.83. The molecule has 0 unspecified atom stereocenters. The quantitative estimate of drug-likeness (QED) is 0.715. The molecule has 1 N–H and O–H groups in total. The third-order valence-corrected chi connectivity index (χ3v) is 3.29. The lowest BCUT2D eigenvalue weighted by molar-refractivity contribution is 0.0394. The molecule has 0 aromatic heterocycles. The van der Waals surface area contributed by atoms with E-state index in [1.165, 1.54) is 45.3 Å². The molecule has 14 heavy (non-hydrogen) atoms. The van der Waals surface area contributed by atoms with Crippen LogP contribution in [-0.2, 0) is 4.74 Å². The average molecular weight is 198 g/mol. The number of nitrogens with zero attached hydrogens (tertiary/aromatic N) is 1. The topological polar surface area (TPSA) is 24.5 Å². The van der Waals surface area contributed by atoms with Gasteiger partial charge in [0, 0.05) is 26.2 Å². The molecule has 0 atom stereocenters. The average Bonchev–Trinajstić information content (AvgIpc) is 3.01. The molecular formula is C11H22N2O. The van der Waals surface area contributed by atoms with E-state index in [0.29, 0.717) is 0 Å². The SMILES string of the molecule is COCN1CCC(CNC2CC2)CC1. The summed E-state index contributed by atoms with van der Waals surface area (Å²) in [4.78, 5) is 2.40. The van der Waals surface area contributed by atoms with Gasteiger partial charge >= 0.3 is 0 Å². The number of methoxy groups -OCH3 is 1. The summed E-state index contributed by atoms with van der Waals surface area (Å²) in [6.07, 6.45) is 5.48. The summed E-state index contributed by atoms with van der Waals surface area (Å²) in [5, 5.41) is 3.62. The van der Waals surface area contributed by atoms with E-state index in [1.807, 2.05) is 0 Å². The first-order valence-electron chi connectivity index (χ1n) is 5.83. The summed E-state index contributed by atoms with van der Waals surface area (Å²) < 4.78 is 5.14. The van der Waals surface area contributed by atoms with Crippen molar-refractivity contribution in [2.24, 2.45) is 5.92 Å². The second-order valence-corrected chi connectivity index (χ2v) is 4.66. The summed E-state index contributed by atoms with van der Waals surface area (Å²) >= 11 is 0. The van der Waals surface area contributed by atoms with Crippen LogP contribution in [0.2, 0.25) is 0 Å². The van der Waals surface area contributed by atoms with Crippen molar-refractivity contribution >= 4 is 0 Å². The van der Waals surface area contributed by atoms with Crippen LogP contribution < -0.4 is 5.32 Å². The Morgan fingerprint density at radius 1 is 1.21 bits per heavy atom. The lowest BCUT2D eigenvalue weighted by Gasteiger charge is -2.31. The van der Waals surface area contributed by atoms with Gasteiger partial charge in [-0.2, -0.15) is 0 Å². The van der Waals surface area contributed by atoms with Crippen molar-refractivity contribution in [2.75, 3.05) is 33.5 Å². The van der Waals surface area contributed by atoms with Crippen LogP contribution in [0.15, 0.2) is 0 Å². The van der Waals surface area contributed by atoms with E-state index in [0.717, 1.165) is 18.7 Å². The van der Waals surface area contributed by atoms with Crippen LogP contribution in [0.4, 0.5) is 0 Å². The summed E-state index contributed by atoms with van der Waals surface area (Å²) in [5.41, 5.74) is 0. The Balaban J connectivity index is 1.57. The Morgan fingerprint density at radius 3 is 2.50 bits per heavy atom. The van der Waals surface area contributed by atoms with Gasteiger partial charge in [0.2, 0.25) is 0 Å². The van der Waals surface area contributed by atoms with Gasteiger partial charge in [0.25, 0.3) is 0 Å². The zero-order valence-electron chi connectivity index (χ0n) is 9.17. The molecule has 82 valence electrons. The van der Waals surface area contributed by atoms with Gasteiger partial charge in [-0.25, -0.2) is 0 Å². The minimum Gasteiger partial charge on any atom is -0.369 e. The van der Waals surface area contributed by atoms with E-state index in [4.69, 9.17) is 4.74 Å². The Morgan fingerprint density at radius 2 is 1.93 bits per heavy atom. The molecule has 1 aliphatic heterocycles. The predicted molar refractivity (Wildman–Crippen MR) is 57.2 cm³/mol. The summed E-state index contributed by atoms with van der Waals surface area (Å²) in [7, 11) is 1.78. The standard InChI is InChI=1S/C11H22N2O/c1-14-9-13-6-4-10(5-7-13)8-12-11-2-3-11/h10-12H,2-9H2,1H3. The van der Waals surface area contributed by atoms with Crippen LogP contribution in [0.25, 0.3) is 0 Å². The van der Waals surface area contributed by atoms with Crippen molar-refractivity contribution in [3.8, 4) is 0 Å². The first-order valence-corrected chi connectivity index (χ1v) is 5.83. The third-order valence-electron chi connectivity index (χ3n) is 3.29. The molecule has 1 saturated carbocycles. The fourth-order valence-electron chi connectivity index (χ4n) is 2.12. The number of rotatable bonds is 5. The molecule has 2 aliphatic rings. The van der Waals surface area contributed by atoms with Crippen molar-refractivity contribution < 1.29 is 4.74 Å². The molecule has 3 heteroatoms. The number of hydrogen-bond acceptors (Lipinski definition) is 3. The molecule has 0 bridgehead atoms. The van der Waals surface area contributed by atoms with Crippen molar-refractivity contribution in [3.05, 3.63) is 0 Å². The number of hydrogen-bond donors (Lipinski definition) is 1. The molecule has 3 nitrogen and oxygen atoms in total. The van der Waals surface area contributed by atoms with Gasteiger partial charge < -0.3 is 10.1 Å². The molecular weight excluding hydrogens is 176 g/mol. The molecule has 0 aromatic carbocycles. The van der Waals surface area contributed by atoms with Crippen LogP contribution in [0.1, 0.15) is 25.7 Å². The second-order valence-electron chi connectivity index (χ2n) is 4.66. The summed E-state index contributed by atoms with van der Waals surface area (Å²) in [6.45, 7) is 4.48. The fraction of sp³-hybridized carbons (Fsp3) is 1.00. The number of nitrogens with one attached hydrogen (secondary N) is 1. The molecule has 0 spiro atoms. The van der Waals surface area contributed by atoms with Gasteiger partial charge in [0.15, 0.2) is 0 Å². The Labute approximate surface area is 86.8 Å². The zero-order chi connectivity index (χ0) is 9.80. The molecule has 0 amide bonds. The highest BCUT2D eigenvalue weighted by Crippen LogP contribution is 2.21. The lowest BCUT2D eigenvalue weighted by Crippen LogP contribution is -2.38. The van der Waals surface area contributed by atoms with Gasteiger partial charge in [-0.15, -0.1) is 0 Å². The highest BCUT2D eigenvalue weighted by atomic mass is 16.5. The Bertz CT molecular complexity index is 163. The molecule has 1 saturated heterocycles. The fourth-order valence-corrected chi connectivity index (χ4v) is 2.12. The first-order chi connectivity index (χ1) is 6.88. The van der Waals surface area contributed by atoms with Crippen molar-refractivity contribution in [1.82, 2.24) is 10.2 Å². The maximum Gasteiger partial charge on any atom is 0.0986 e. The molecule has 1 aliphatic carbocycles. The Hall–Kier alpha value is -0.120. The molecule has 1 heterocycles. The van der Waals surface area contributed by atoms with Crippen LogP contribution in [-0.4, -0.2) is 44.4 Å². The van der Waals surface area contributed by atoms with Gasteiger partial charge in [0.05, 0.1) is 6.73 Å². The van der Waals surface area contributed by atoms with Crippen molar-refractivity contribution in [3.63, 3.8) is 0 Å². The van der Waals surface area contributed by atoms with Crippen LogP contribution >= 0.6 is 0 Å². The van der Waals surface area contributed by atoms with E-state index in [9.17, 15) is 0 Å². The third kappa shape index (κ3) is 3.23. The monoisotopic (exact) mass is 198 g/mol. The minimum absolute atomic E-state index is 0.808. The maximum absolute atomic E-state index is 5.14. The van der Waals surface area contributed by atoms with Gasteiger partial charge in [0.1, 0.15) is 0 Å². The largest absolute Gasteiger partial charge is 0.369 e. The smallest absolute Gasteiger partial charge is 0.0986 e. The van der Waals surface area contributed by atoms with E-state index in [1.54, 1.807) is 7.11 Å². The van der Waals surface area contributed by atoms with Crippen molar-refractivity contribution in [2.45, 2.75) is 31.7 Å². The van der Waals surface area contributed by atoms with Gasteiger partial charge in [-0.05, 0) is 38.1 Å². The normalized spacial score (nSPS) is 25.5. The number of ether oxygens (including phenoxy) is 1. The lowest BCUT2D eigenvalue weighted by atomic mass is 9.97. The Kier molecular flexibility index (Phi) is 3.79. The maximum atomic E-state index is 5.14. The number of likely N-dealkylation sites (tertiary alicyclic amines) is 1. The zero-order valence-corrected chi connectivity index (χ0v) is 9.17. The second kappa shape index (κ2) is 5.10. The molecule has 2 rings (SSSR count). The van der Waals surface area contributed by atoms with E-state index in [-0.39, 0.29) is 0 Å². The molecule has 0 radical (unpaired) electrons.